The summed E-state index contributed by atoms with van der Waals surface area (Å²) in [5.74, 6) is 2.06. The van der Waals surface area contributed by atoms with Gasteiger partial charge in [-0.2, -0.15) is 0 Å². The average molecular weight is 504 g/mol. The molecule has 4 nitrogen and oxygen atoms in total. The molecule has 1 fully saturated rings. The van der Waals surface area contributed by atoms with Gasteiger partial charge in [-0.1, -0.05) is 91.9 Å². The molecule has 0 saturated carbocycles. The normalized spacial score (nSPS) is 22.5. The van der Waals surface area contributed by atoms with E-state index < -0.39 is 0 Å². The fourth-order valence-electron chi connectivity index (χ4n) is 6.52. The van der Waals surface area contributed by atoms with Gasteiger partial charge in [0.05, 0.1) is 20.3 Å². The van der Waals surface area contributed by atoms with Crippen molar-refractivity contribution < 1.29 is 14.3 Å². The number of hydrogen-bond acceptors (Lipinski definition) is 3. The lowest BCUT2D eigenvalue weighted by Crippen LogP contribution is -2.30. The number of carbonyl (C=O) groups is 1. The summed E-state index contributed by atoms with van der Waals surface area (Å²) in [4.78, 5) is 16.2. The second kappa shape index (κ2) is 10.0. The van der Waals surface area contributed by atoms with Crippen LogP contribution in [-0.4, -0.2) is 25.0 Å². The van der Waals surface area contributed by atoms with E-state index in [1.54, 1.807) is 14.2 Å². The van der Waals surface area contributed by atoms with E-state index in [1.807, 2.05) is 24.3 Å². The minimum absolute atomic E-state index is 0.0153. The molecular weight excluding hydrogens is 470 g/mol. The van der Waals surface area contributed by atoms with Crippen LogP contribution in [0.5, 0.6) is 11.5 Å². The molecule has 0 bridgehead atoms. The van der Waals surface area contributed by atoms with Crippen LogP contribution in [-0.2, 0) is 11.3 Å². The van der Waals surface area contributed by atoms with E-state index >= 15 is 0 Å². The van der Waals surface area contributed by atoms with E-state index in [1.165, 1.54) is 16.3 Å². The summed E-state index contributed by atoms with van der Waals surface area (Å²) in [6.07, 6.45) is 5.51. The minimum Gasteiger partial charge on any atom is -0.493 e. The van der Waals surface area contributed by atoms with Gasteiger partial charge in [-0.25, -0.2) is 0 Å². The SMILES string of the molecule is COc1ccc(-c2c([C@H]3[C@H]4C=CC[C@@H](C)[C@@H]4C(=O)N3Cc3ccccc3)ccc3ccccc23)cc1OC. The van der Waals surface area contributed by atoms with Crippen molar-refractivity contribution in [3.63, 3.8) is 0 Å². The Kier molecular flexibility index (Phi) is 6.40. The van der Waals surface area contributed by atoms with E-state index in [4.69, 9.17) is 9.47 Å². The topological polar surface area (TPSA) is 38.8 Å². The fraction of sp³-hybridized carbons (Fsp3) is 0.265. The van der Waals surface area contributed by atoms with Crippen molar-refractivity contribution in [2.24, 2.45) is 17.8 Å². The number of amides is 1. The largest absolute Gasteiger partial charge is 0.493 e. The Morgan fingerprint density at radius 3 is 2.42 bits per heavy atom. The lowest BCUT2D eigenvalue weighted by molar-refractivity contribution is -0.134. The third-order valence-electron chi connectivity index (χ3n) is 8.31. The van der Waals surface area contributed by atoms with Crippen LogP contribution in [0, 0.1) is 17.8 Å². The van der Waals surface area contributed by atoms with Gasteiger partial charge in [-0.3, -0.25) is 4.79 Å². The second-order valence-corrected chi connectivity index (χ2v) is 10.5. The monoisotopic (exact) mass is 503 g/mol. The zero-order valence-electron chi connectivity index (χ0n) is 22.1. The number of ether oxygens (including phenoxy) is 2. The lowest BCUT2D eigenvalue weighted by Gasteiger charge is -2.31. The van der Waals surface area contributed by atoms with Gasteiger partial charge in [0.1, 0.15) is 0 Å². The quantitative estimate of drug-likeness (QED) is 0.257. The number of allylic oxidation sites excluding steroid dienone is 1. The predicted octanol–water partition coefficient (Wildman–Crippen LogP) is 7.44. The highest BCUT2D eigenvalue weighted by Crippen LogP contribution is 2.52. The van der Waals surface area contributed by atoms with E-state index in [0.29, 0.717) is 24.0 Å². The van der Waals surface area contributed by atoms with Crippen molar-refractivity contribution in [1.29, 1.82) is 0 Å². The first kappa shape index (κ1) is 24.3. The standard InChI is InChI=1S/C34H33NO3/c1-22-10-9-15-27-31(22)34(36)35(21-23-11-5-4-6-12-23)33(27)28-18-16-24-13-7-8-14-26(24)32(28)25-17-19-29(37-2)30(20-25)38-3/h4-9,11-20,22,27,31,33H,10,21H2,1-3H3/t22-,27+,31+,33-/m1/s1. The summed E-state index contributed by atoms with van der Waals surface area (Å²) in [5.41, 5.74) is 4.52. The van der Waals surface area contributed by atoms with Crippen molar-refractivity contribution >= 4 is 16.7 Å². The molecule has 1 heterocycles. The van der Waals surface area contributed by atoms with Crippen molar-refractivity contribution in [1.82, 2.24) is 4.90 Å². The van der Waals surface area contributed by atoms with Crippen LogP contribution in [0.3, 0.4) is 0 Å². The number of carbonyl (C=O) groups excluding carboxylic acids is 1. The van der Waals surface area contributed by atoms with Gasteiger partial charge in [0, 0.05) is 18.4 Å². The Hall–Kier alpha value is -4.05. The number of methoxy groups -OCH3 is 2. The Morgan fingerprint density at radius 2 is 1.63 bits per heavy atom. The highest BCUT2D eigenvalue weighted by Gasteiger charge is 2.50. The molecule has 6 rings (SSSR count). The van der Waals surface area contributed by atoms with E-state index in [9.17, 15) is 4.79 Å². The lowest BCUT2D eigenvalue weighted by atomic mass is 9.74. The summed E-state index contributed by atoms with van der Waals surface area (Å²) in [6, 6.07) is 29.3. The molecule has 192 valence electrons. The van der Waals surface area contributed by atoms with E-state index in [0.717, 1.165) is 23.1 Å². The molecule has 4 aromatic rings. The van der Waals surface area contributed by atoms with Crippen LogP contribution < -0.4 is 9.47 Å². The van der Waals surface area contributed by atoms with Gasteiger partial charge in [0.2, 0.25) is 5.91 Å². The fourth-order valence-corrected chi connectivity index (χ4v) is 6.52. The van der Waals surface area contributed by atoms with Gasteiger partial charge in [0.15, 0.2) is 11.5 Å². The molecule has 1 amide bonds. The zero-order valence-corrected chi connectivity index (χ0v) is 22.1. The van der Waals surface area contributed by atoms with Crippen LogP contribution in [0.15, 0.2) is 97.1 Å². The Labute approximate surface area is 224 Å². The first-order valence-electron chi connectivity index (χ1n) is 13.4. The highest BCUT2D eigenvalue weighted by molar-refractivity contribution is 5.99. The third kappa shape index (κ3) is 4.05. The summed E-state index contributed by atoms with van der Waals surface area (Å²) < 4.78 is 11.2. The van der Waals surface area contributed by atoms with Crippen molar-refractivity contribution in [3.8, 4) is 22.6 Å². The molecule has 1 aliphatic heterocycles. The Balaban J connectivity index is 1.58. The van der Waals surface area contributed by atoms with Crippen molar-refractivity contribution in [2.45, 2.75) is 25.9 Å². The molecule has 4 aromatic carbocycles. The summed E-state index contributed by atoms with van der Waals surface area (Å²) in [5, 5.41) is 2.34. The molecule has 1 aliphatic carbocycles. The number of benzene rings is 4. The number of hydrogen-bond donors (Lipinski definition) is 0. The number of rotatable bonds is 6. The van der Waals surface area contributed by atoms with Gasteiger partial charge < -0.3 is 14.4 Å². The smallest absolute Gasteiger partial charge is 0.227 e. The van der Waals surface area contributed by atoms with E-state index in [-0.39, 0.29) is 23.8 Å². The molecule has 0 aromatic heterocycles. The van der Waals surface area contributed by atoms with Crippen molar-refractivity contribution in [2.75, 3.05) is 14.2 Å². The molecule has 1 saturated heterocycles. The Bertz CT molecular complexity index is 1510. The molecule has 2 aliphatic rings. The maximum absolute atomic E-state index is 14.1. The summed E-state index contributed by atoms with van der Waals surface area (Å²) in [6.45, 7) is 2.81. The van der Waals surface area contributed by atoms with Gasteiger partial charge in [-0.15, -0.1) is 0 Å². The molecule has 0 N–H and O–H groups in total. The molecule has 4 heteroatoms. The molecule has 0 unspecified atom stereocenters. The molecule has 38 heavy (non-hydrogen) atoms. The van der Waals surface area contributed by atoms with Gasteiger partial charge in [0.25, 0.3) is 0 Å². The van der Waals surface area contributed by atoms with Crippen LogP contribution >= 0.6 is 0 Å². The van der Waals surface area contributed by atoms with Crippen LogP contribution in [0.2, 0.25) is 0 Å². The summed E-state index contributed by atoms with van der Waals surface area (Å²) >= 11 is 0. The number of nitrogens with zero attached hydrogens (tertiary/aromatic N) is 1. The molecule has 0 spiro atoms. The second-order valence-electron chi connectivity index (χ2n) is 10.5. The van der Waals surface area contributed by atoms with Crippen LogP contribution in [0.25, 0.3) is 21.9 Å². The average Bonchev–Trinajstić information content (AvgIpc) is 3.24. The van der Waals surface area contributed by atoms with Crippen LogP contribution in [0.1, 0.15) is 30.5 Å². The number of likely N-dealkylation sites (tertiary alicyclic amines) is 1. The summed E-state index contributed by atoms with van der Waals surface area (Å²) in [7, 11) is 3.32. The zero-order chi connectivity index (χ0) is 26.2. The van der Waals surface area contributed by atoms with Gasteiger partial charge in [-0.05, 0) is 57.5 Å². The van der Waals surface area contributed by atoms with Crippen LogP contribution in [0.4, 0.5) is 0 Å². The number of fused-ring (bicyclic) bond motifs is 2. The molecule has 0 radical (unpaired) electrons. The molecular formula is C34H33NO3. The highest BCUT2D eigenvalue weighted by atomic mass is 16.5. The van der Waals surface area contributed by atoms with E-state index in [2.05, 4.69) is 84.6 Å². The predicted molar refractivity (Wildman–Crippen MR) is 152 cm³/mol. The van der Waals surface area contributed by atoms with Crippen molar-refractivity contribution in [3.05, 3.63) is 108 Å². The first-order valence-corrected chi connectivity index (χ1v) is 13.4. The Morgan fingerprint density at radius 1 is 0.868 bits per heavy atom. The first-order chi connectivity index (χ1) is 18.6. The maximum Gasteiger partial charge on any atom is 0.227 e. The van der Waals surface area contributed by atoms with Gasteiger partial charge >= 0.3 is 0 Å². The maximum atomic E-state index is 14.1. The molecule has 4 atom stereocenters. The minimum atomic E-state index is -0.0700. The third-order valence-corrected chi connectivity index (χ3v) is 8.31.